The van der Waals surface area contributed by atoms with Crippen molar-refractivity contribution < 1.29 is 53.6 Å². The summed E-state index contributed by atoms with van der Waals surface area (Å²) in [4.78, 5) is 23.2. The van der Waals surface area contributed by atoms with Gasteiger partial charge in [-0.1, -0.05) is 60.7 Å². The molecular weight excluding hydrogens is 930 g/mol. The summed E-state index contributed by atoms with van der Waals surface area (Å²) in [6.45, 7) is 0. The molecule has 10 heteroatoms. The average Bonchev–Trinajstić information content (AvgIpc) is 3.63. The van der Waals surface area contributed by atoms with Crippen LogP contribution in [0.4, 0.5) is 0 Å². The number of fused-ring (bicyclic) bond motifs is 6. The molecule has 0 saturated carbocycles. The second-order valence-electron chi connectivity index (χ2n) is 9.15. The van der Waals surface area contributed by atoms with E-state index < -0.39 is 0 Å². The third-order valence-electron chi connectivity index (χ3n) is 6.46. The molecule has 0 fully saturated rings. The monoisotopic (exact) mass is 950 g/mol. The second-order valence-corrected chi connectivity index (χ2v) is 9.15. The number of nitrogens with zero attached hydrogens (tertiary/aromatic N) is 6. The minimum absolute atomic E-state index is 0. The summed E-state index contributed by atoms with van der Waals surface area (Å²) in [5, 5.41) is 4.40. The summed E-state index contributed by atoms with van der Waals surface area (Å²) >= 11 is 0. The summed E-state index contributed by atoms with van der Waals surface area (Å²) in [5.41, 5.74) is 4.87. The molecule has 0 radical (unpaired) electrons. The predicted octanol–water partition coefficient (Wildman–Crippen LogP) is 6.69. The average molecular weight is 951 g/mol. The van der Waals surface area contributed by atoms with Gasteiger partial charge in [-0.25, -0.2) is 29.9 Å². The molecule has 0 aliphatic rings. The number of furan rings is 2. The molecule has 4 heterocycles. The third kappa shape index (κ3) is 7.79. The molecule has 8 rings (SSSR count). The fourth-order valence-electron chi connectivity index (χ4n) is 4.46. The molecule has 0 aliphatic heterocycles. The van der Waals surface area contributed by atoms with Gasteiger partial charge in [0.2, 0.25) is 0 Å². The Kier molecular flexibility index (Phi) is 11.5. The first-order chi connectivity index (χ1) is 21.2. The Morgan fingerprint density at radius 2 is 0.867 bits per heavy atom. The zero-order chi connectivity index (χ0) is 29.4. The summed E-state index contributed by atoms with van der Waals surface area (Å²) in [7, 11) is 0. The summed E-state index contributed by atoms with van der Waals surface area (Å²) in [5.74, 6) is 6.01. The number of rotatable bonds is 2. The molecule has 0 aliphatic carbocycles. The summed E-state index contributed by atoms with van der Waals surface area (Å²) in [6.07, 6.45) is 20.4. The van der Waals surface area contributed by atoms with Gasteiger partial charge in [-0.2, -0.15) is 0 Å². The van der Waals surface area contributed by atoms with Gasteiger partial charge in [0.05, 0.1) is 6.42 Å². The van der Waals surface area contributed by atoms with Crippen LogP contribution in [0.5, 0.6) is 0 Å². The fraction of sp³-hybridized carbons (Fsp3) is 0.0286. The minimum atomic E-state index is 0. The third-order valence-corrected chi connectivity index (χ3v) is 6.46. The van der Waals surface area contributed by atoms with E-state index in [1.165, 1.54) is 25.3 Å². The van der Waals surface area contributed by atoms with Gasteiger partial charge in [-0.15, -0.1) is 23.3 Å². The van der Waals surface area contributed by atoms with Crippen LogP contribution in [-0.4, -0.2) is 29.9 Å². The molecule has 0 spiro atoms. The van der Waals surface area contributed by atoms with Crippen LogP contribution in [0.1, 0.15) is 22.8 Å². The summed E-state index contributed by atoms with van der Waals surface area (Å²) < 4.78 is 11.3. The Labute approximate surface area is 289 Å². The van der Waals surface area contributed by atoms with Crippen molar-refractivity contribution in [3.05, 3.63) is 146 Å². The van der Waals surface area contributed by atoms with Crippen LogP contribution < -0.4 is 0 Å². The van der Waals surface area contributed by atoms with Gasteiger partial charge >= 0.3 is 44.8 Å². The largest absolute Gasteiger partial charge is 1.00 e. The maximum Gasteiger partial charge on any atom is 1.00 e. The number of aromatic nitrogens is 6. The Morgan fingerprint density at radius 3 is 1.27 bits per heavy atom. The van der Waals surface area contributed by atoms with Gasteiger partial charge in [-0.05, 0) is 12.1 Å². The molecular formula is C35H20Au2N6O2. The van der Waals surface area contributed by atoms with Crippen molar-refractivity contribution in [2.45, 2.75) is 6.42 Å². The molecule has 0 atom stereocenters. The molecule has 0 saturated heterocycles. The Balaban J connectivity index is 0.000000151. The van der Waals surface area contributed by atoms with E-state index in [-0.39, 0.29) is 44.8 Å². The smallest absolute Gasteiger partial charge is 0.458 e. The van der Waals surface area contributed by atoms with Crippen molar-refractivity contribution in [3.8, 4) is 11.8 Å². The first-order valence-electron chi connectivity index (χ1n) is 13.1. The van der Waals surface area contributed by atoms with Crippen LogP contribution in [0.3, 0.4) is 0 Å². The maximum atomic E-state index is 7.06. The van der Waals surface area contributed by atoms with Crippen LogP contribution in [0, 0.1) is 24.7 Å². The van der Waals surface area contributed by atoms with E-state index in [0.29, 0.717) is 18.1 Å². The van der Waals surface area contributed by atoms with Gasteiger partial charge in [0.15, 0.2) is 0 Å². The molecule has 224 valence electrons. The maximum absolute atomic E-state index is 7.06. The Bertz CT molecular complexity index is 2090. The van der Waals surface area contributed by atoms with E-state index >= 15 is 0 Å². The quantitative estimate of drug-likeness (QED) is 0.107. The Hall–Kier alpha value is -4.90. The van der Waals surface area contributed by atoms with Crippen molar-refractivity contribution in [1.82, 2.24) is 29.9 Å². The number of para-hydroxylation sites is 2. The van der Waals surface area contributed by atoms with Crippen LogP contribution in [0.15, 0.2) is 119 Å². The van der Waals surface area contributed by atoms with Gasteiger partial charge in [-0.3, -0.25) is 11.8 Å². The van der Waals surface area contributed by atoms with Crippen LogP contribution in [0.2, 0.25) is 0 Å². The van der Waals surface area contributed by atoms with Crippen molar-refractivity contribution in [2.75, 3.05) is 0 Å². The van der Waals surface area contributed by atoms with Crippen molar-refractivity contribution in [2.24, 2.45) is 0 Å². The molecule has 8 aromatic rings. The van der Waals surface area contributed by atoms with Crippen molar-refractivity contribution in [1.29, 1.82) is 0 Å². The molecule has 45 heavy (non-hydrogen) atoms. The van der Waals surface area contributed by atoms with E-state index in [1.54, 1.807) is 0 Å². The van der Waals surface area contributed by atoms with E-state index in [0.717, 1.165) is 55.0 Å². The van der Waals surface area contributed by atoms with Crippen LogP contribution in [-0.2, 0) is 51.2 Å². The fourth-order valence-corrected chi connectivity index (χ4v) is 4.46. The van der Waals surface area contributed by atoms with Crippen molar-refractivity contribution >= 4 is 43.9 Å². The molecule has 4 aromatic heterocycles. The summed E-state index contributed by atoms with van der Waals surface area (Å²) in [6, 6.07) is 27.2. The minimum Gasteiger partial charge on any atom is -0.458 e. The van der Waals surface area contributed by atoms with E-state index in [1.807, 2.05) is 84.9 Å². The predicted molar refractivity (Wildman–Crippen MR) is 162 cm³/mol. The number of benzene rings is 4. The Morgan fingerprint density at radius 1 is 0.489 bits per heavy atom. The molecule has 0 unspecified atom stereocenters. The number of hydrogen-bond donors (Lipinski definition) is 0. The van der Waals surface area contributed by atoms with Gasteiger partial charge in [0.25, 0.3) is 0 Å². The SMILES string of the molecule is [Au+].[Au+].[C-]#Cc1ccc2c(c1)oc1ccccc12.[C-]#Cc1ccc2c(c1)oc1ccccc12.c1ncnc(Cc2ncncn2)n1. The zero-order valence-corrected chi connectivity index (χ0v) is 27.5. The zero-order valence-electron chi connectivity index (χ0n) is 23.2. The van der Waals surface area contributed by atoms with Gasteiger partial charge < -0.3 is 21.7 Å². The molecule has 0 bridgehead atoms. The first-order valence-corrected chi connectivity index (χ1v) is 13.1. The molecule has 4 aromatic carbocycles. The molecule has 8 nitrogen and oxygen atoms in total. The van der Waals surface area contributed by atoms with Crippen LogP contribution >= 0.6 is 0 Å². The first kappa shape index (κ1) is 33.0. The van der Waals surface area contributed by atoms with Crippen LogP contribution in [0.25, 0.3) is 43.9 Å². The van der Waals surface area contributed by atoms with E-state index in [2.05, 4.69) is 41.7 Å². The van der Waals surface area contributed by atoms with E-state index in [4.69, 9.17) is 21.7 Å². The molecule has 0 amide bonds. The van der Waals surface area contributed by atoms with E-state index in [9.17, 15) is 0 Å². The molecule has 0 N–H and O–H groups in total. The van der Waals surface area contributed by atoms with Crippen molar-refractivity contribution in [3.63, 3.8) is 0 Å². The van der Waals surface area contributed by atoms with Gasteiger partial charge in [0, 0.05) is 21.5 Å². The number of hydrogen-bond acceptors (Lipinski definition) is 8. The second kappa shape index (κ2) is 15.7. The van der Waals surface area contributed by atoms with Gasteiger partial charge in [0.1, 0.15) is 59.3 Å². The topological polar surface area (TPSA) is 104 Å². The normalized spacial score (nSPS) is 9.91. The standard InChI is InChI=1S/2C14H7O.C7H6N6.2Au/c2*1-2-10-7-8-12-11-5-3-4-6-13(11)15-14(12)9-10;1(6-10-2-8-3-11-6)7-12-4-9-5-13-7;;/h2*3-9H;2-5H,1H2;;/q2*-1;;2*+1.